The van der Waals surface area contributed by atoms with Crippen LogP contribution in [0.1, 0.15) is 57.4 Å². The molecule has 0 amide bonds. The molecule has 1 atom stereocenters. The van der Waals surface area contributed by atoms with Crippen molar-refractivity contribution in [3.8, 4) is 11.1 Å². The maximum absolute atomic E-state index is 13.1. The Labute approximate surface area is 176 Å². The number of benzene rings is 2. The van der Waals surface area contributed by atoms with E-state index in [1.165, 1.54) is 89.1 Å². The van der Waals surface area contributed by atoms with Crippen molar-refractivity contribution in [3.63, 3.8) is 0 Å². The summed E-state index contributed by atoms with van der Waals surface area (Å²) >= 11 is 0. The molecule has 0 saturated carbocycles. The van der Waals surface area contributed by atoms with Crippen LogP contribution in [-0.4, -0.2) is 49.1 Å². The first-order valence-electron chi connectivity index (χ1n) is 11.5. The molecule has 0 bridgehead atoms. The highest BCUT2D eigenvalue weighted by Crippen LogP contribution is 2.25. The van der Waals surface area contributed by atoms with E-state index in [2.05, 4.69) is 47.9 Å². The molecule has 3 heteroatoms. The molecule has 1 aliphatic rings. The van der Waals surface area contributed by atoms with E-state index in [4.69, 9.17) is 0 Å². The maximum atomic E-state index is 13.1. The Bertz CT molecular complexity index is 702. The first-order chi connectivity index (χ1) is 14.2. The van der Waals surface area contributed by atoms with Gasteiger partial charge in [-0.25, -0.2) is 4.39 Å². The highest BCUT2D eigenvalue weighted by atomic mass is 19.1. The summed E-state index contributed by atoms with van der Waals surface area (Å²) in [6.07, 6.45) is 6.64. The minimum Gasteiger partial charge on any atom is -0.301 e. The standard InChI is InChI=1S/C26H37FN2/c1-3-4-5-6-16-28-18-20-29(21-19-28)17-15-22(2)23-7-9-24(10-8-23)25-11-13-26(27)14-12-25/h7-14,22H,3-6,15-21H2,1-2H3. The van der Waals surface area contributed by atoms with Crippen molar-refractivity contribution in [1.82, 2.24) is 9.80 Å². The van der Waals surface area contributed by atoms with Crippen molar-refractivity contribution >= 4 is 0 Å². The van der Waals surface area contributed by atoms with Crippen LogP contribution >= 0.6 is 0 Å². The van der Waals surface area contributed by atoms with Gasteiger partial charge in [0.05, 0.1) is 0 Å². The van der Waals surface area contributed by atoms with E-state index in [9.17, 15) is 4.39 Å². The third kappa shape index (κ3) is 6.94. The van der Waals surface area contributed by atoms with Crippen LogP contribution in [0.5, 0.6) is 0 Å². The zero-order valence-corrected chi connectivity index (χ0v) is 18.2. The molecule has 0 aromatic heterocycles. The summed E-state index contributed by atoms with van der Waals surface area (Å²) in [5.41, 5.74) is 3.61. The van der Waals surface area contributed by atoms with E-state index in [0.29, 0.717) is 5.92 Å². The van der Waals surface area contributed by atoms with Crippen LogP contribution < -0.4 is 0 Å². The highest BCUT2D eigenvalue weighted by molar-refractivity contribution is 5.63. The molecule has 1 aliphatic heterocycles. The SMILES string of the molecule is CCCCCCN1CCN(CCC(C)c2ccc(-c3ccc(F)cc3)cc2)CC1. The predicted molar refractivity (Wildman–Crippen MR) is 122 cm³/mol. The van der Waals surface area contributed by atoms with Gasteiger partial charge in [-0.05, 0) is 60.7 Å². The van der Waals surface area contributed by atoms with Crippen molar-refractivity contribution in [3.05, 3.63) is 59.9 Å². The van der Waals surface area contributed by atoms with E-state index < -0.39 is 0 Å². The van der Waals surface area contributed by atoms with Gasteiger partial charge in [0.2, 0.25) is 0 Å². The van der Waals surface area contributed by atoms with E-state index in [1.807, 2.05) is 12.1 Å². The van der Waals surface area contributed by atoms with E-state index in [0.717, 1.165) is 11.1 Å². The lowest BCUT2D eigenvalue weighted by Gasteiger charge is -2.35. The van der Waals surface area contributed by atoms with Crippen LogP contribution in [0.15, 0.2) is 48.5 Å². The van der Waals surface area contributed by atoms with Crippen molar-refractivity contribution in [2.75, 3.05) is 39.3 Å². The molecule has 29 heavy (non-hydrogen) atoms. The Morgan fingerprint density at radius 1 is 0.759 bits per heavy atom. The van der Waals surface area contributed by atoms with Gasteiger partial charge in [0.1, 0.15) is 5.82 Å². The zero-order chi connectivity index (χ0) is 20.5. The van der Waals surface area contributed by atoms with Gasteiger partial charge in [0, 0.05) is 26.2 Å². The molecule has 0 aliphatic carbocycles. The molecule has 1 saturated heterocycles. The van der Waals surface area contributed by atoms with Crippen LogP contribution in [-0.2, 0) is 0 Å². The lowest BCUT2D eigenvalue weighted by Crippen LogP contribution is -2.46. The average Bonchev–Trinajstić information content (AvgIpc) is 2.76. The third-order valence-corrected chi connectivity index (χ3v) is 6.33. The molecule has 0 radical (unpaired) electrons. The Hall–Kier alpha value is -1.71. The number of piperazine rings is 1. The van der Waals surface area contributed by atoms with E-state index in [-0.39, 0.29) is 5.82 Å². The van der Waals surface area contributed by atoms with Crippen LogP contribution in [0, 0.1) is 5.82 Å². The molecule has 2 aromatic carbocycles. The third-order valence-electron chi connectivity index (χ3n) is 6.33. The Morgan fingerprint density at radius 2 is 1.31 bits per heavy atom. The van der Waals surface area contributed by atoms with Crippen molar-refractivity contribution in [2.24, 2.45) is 0 Å². The van der Waals surface area contributed by atoms with Crippen LogP contribution in [0.3, 0.4) is 0 Å². The average molecular weight is 397 g/mol. The molecule has 1 unspecified atom stereocenters. The summed E-state index contributed by atoms with van der Waals surface area (Å²) < 4.78 is 13.1. The van der Waals surface area contributed by atoms with Crippen LogP contribution in [0.2, 0.25) is 0 Å². The fraction of sp³-hybridized carbons (Fsp3) is 0.538. The number of halogens is 1. The molecule has 3 rings (SSSR count). The van der Waals surface area contributed by atoms with Gasteiger partial charge in [-0.3, -0.25) is 0 Å². The molecule has 158 valence electrons. The number of hydrogen-bond donors (Lipinski definition) is 0. The van der Waals surface area contributed by atoms with Gasteiger partial charge >= 0.3 is 0 Å². The normalized spacial score (nSPS) is 16.8. The Kier molecular flexibility index (Phi) is 8.69. The molecule has 0 N–H and O–H groups in total. The quantitative estimate of drug-likeness (QED) is 0.442. The minimum atomic E-state index is -0.184. The monoisotopic (exact) mass is 396 g/mol. The largest absolute Gasteiger partial charge is 0.301 e. The molecular formula is C26H37FN2. The second-order valence-corrected chi connectivity index (χ2v) is 8.56. The van der Waals surface area contributed by atoms with Gasteiger partial charge in [-0.15, -0.1) is 0 Å². The second kappa shape index (κ2) is 11.5. The molecule has 2 nitrogen and oxygen atoms in total. The Morgan fingerprint density at radius 3 is 1.90 bits per heavy atom. The first kappa shape index (κ1) is 22.0. The summed E-state index contributed by atoms with van der Waals surface area (Å²) in [4.78, 5) is 5.27. The minimum absolute atomic E-state index is 0.184. The maximum Gasteiger partial charge on any atom is 0.123 e. The number of hydrogen-bond acceptors (Lipinski definition) is 2. The molecule has 0 spiro atoms. The lowest BCUT2D eigenvalue weighted by molar-refractivity contribution is 0.128. The summed E-state index contributed by atoms with van der Waals surface area (Å²) in [5, 5.41) is 0. The summed E-state index contributed by atoms with van der Waals surface area (Å²) in [7, 11) is 0. The van der Waals surface area contributed by atoms with Crippen LogP contribution in [0.25, 0.3) is 11.1 Å². The highest BCUT2D eigenvalue weighted by Gasteiger charge is 2.17. The van der Waals surface area contributed by atoms with Crippen molar-refractivity contribution < 1.29 is 4.39 Å². The van der Waals surface area contributed by atoms with E-state index >= 15 is 0 Å². The predicted octanol–water partition coefficient (Wildman–Crippen LogP) is 6.18. The first-order valence-corrected chi connectivity index (χ1v) is 11.5. The molecule has 1 fully saturated rings. The van der Waals surface area contributed by atoms with Gasteiger partial charge in [0.25, 0.3) is 0 Å². The smallest absolute Gasteiger partial charge is 0.123 e. The van der Waals surface area contributed by atoms with Crippen molar-refractivity contribution in [2.45, 2.75) is 51.9 Å². The fourth-order valence-electron chi connectivity index (χ4n) is 4.19. The molecule has 2 aromatic rings. The number of rotatable bonds is 10. The van der Waals surface area contributed by atoms with Crippen LogP contribution in [0.4, 0.5) is 4.39 Å². The molecular weight excluding hydrogens is 359 g/mol. The van der Waals surface area contributed by atoms with Crippen molar-refractivity contribution in [1.29, 1.82) is 0 Å². The van der Waals surface area contributed by atoms with Gasteiger partial charge in [0.15, 0.2) is 0 Å². The van der Waals surface area contributed by atoms with Gasteiger partial charge in [-0.2, -0.15) is 0 Å². The lowest BCUT2D eigenvalue weighted by atomic mass is 9.95. The summed E-state index contributed by atoms with van der Waals surface area (Å²) in [6, 6.07) is 15.5. The number of nitrogens with zero attached hydrogens (tertiary/aromatic N) is 2. The molecule has 1 heterocycles. The second-order valence-electron chi connectivity index (χ2n) is 8.56. The van der Waals surface area contributed by atoms with E-state index in [1.54, 1.807) is 0 Å². The zero-order valence-electron chi connectivity index (χ0n) is 18.2. The number of unbranched alkanes of at least 4 members (excludes halogenated alkanes) is 3. The van der Waals surface area contributed by atoms with Gasteiger partial charge < -0.3 is 9.80 Å². The topological polar surface area (TPSA) is 6.48 Å². The fourth-order valence-corrected chi connectivity index (χ4v) is 4.19. The summed E-state index contributed by atoms with van der Waals surface area (Å²) in [5.74, 6) is 0.376. The Balaban J connectivity index is 1.39. The van der Waals surface area contributed by atoms with Gasteiger partial charge in [-0.1, -0.05) is 69.5 Å². The summed E-state index contributed by atoms with van der Waals surface area (Å²) in [6.45, 7) is 12.0.